The summed E-state index contributed by atoms with van der Waals surface area (Å²) >= 11 is 0. The van der Waals surface area contributed by atoms with Crippen LogP contribution in [0, 0.1) is 0 Å². The van der Waals surface area contributed by atoms with E-state index in [0.717, 1.165) is 12.3 Å². The van der Waals surface area contributed by atoms with Gasteiger partial charge in [0.05, 0.1) is 0 Å². The van der Waals surface area contributed by atoms with Crippen LogP contribution in [-0.4, -0.2) is 26.7 Å². The molecule has 0 saturated carbocycles. The molecule has 2 aromatic heterocycles. The Hall–Kier alpha value is -2.19. The summed E-state index contributed by atoms with van der Waals surface area (Å²) in [5.74, 6) is 0.364. The van der Waals surface area contributed by atoms with Gasteiger partial charge in [0.15, 0.2) is 5.82 Å². The van der Waals surface area contributed by atoms with Gasteiger partial charge in [0.2, 0.25) is 12.3 Å². The molecular weight excluding hydrogens is 251 g/mol. The van der Waals surface area contributed by atoms with E-state index in [4.69, 9.17) is 0 Å². The number of hydrogen-bond acceptors (Lipinski definition) is 6. The first-order chi connectivity index (χ1) is 8.55. The van der Waals surface area contributed by atoms with Crippen LogP contribution in [0.15, 0.2) is 23.2 Å². The largest absolute Gasteiger partial charge is 0.433 e. The molecule has 6 nitrogen and oxygen atoms in total. The van der Waals surface area contributed by atoms with Gasteiger partial charge in [-0.2, -0.15) is 18.2 Å². The summed E-state index contributed by atoms with van der Waals surface area (Å²) in [4.78, 5) is 10.8. The first-order valence-corrected chi connectivity index (χ1v) is 4.95. The van der Waals surface area contributed by atoms with Crippen LogP contribution < -0.4 is 5.32 Å². The molecular formula is C9H8F3N5O. The van der Waals surface area contributed by atoms with Crippen molar-refractivity contribution in [1.82, 2.24) is 20.1 Å². The Balaban J connectivity index is 1.93. The number of rotatable bonds is 4. The van der Waals surface area contributed by atoms with Gasteiger partial charge >= 0.3 is 6.18 Å². The van der Waals surface area contributed by atoms with Crippen LogP contribution in [0.1, 0.15) is 11.5 Å². The lowest BCUT2D eigenvalue weighted by Crippen LogP contribution is -2.13. The Kier molecular flexibility index (Phi) is 3.40. The average molecular weight is 259 g/mol. The Morgan fingerprint density at radius 3 is 2.78 bits per heavy atom. The van der Waals surface area contributed by atoms with Gasteiger partial charge in [0.1, 0.15) is 5.69 Å². The summed E-state index contributed by atoms with van der Waals surface area (Å²) in [6.45, 7) is 0.306. The summed E-state index contributed by atoms with van der Waals surface area (Å²) in [5.41, 5.74) is -0.987. The van der Waals surface area contributed by atoms with Crippen LogP contribution in [0.4, 0.5) is 19.1 Å². The van der Waals surface area contributed by atoms with E-state index in [1.54, 1.807) is 0 Å². The standard InChI is InChI=1S/C9H8F3N5O/c10-9(11,12)6-1-3-13-8(16-6)14-4-2-7-15-5-18-17-7/h1,3,5H,2,4H2,(H,13,14,16). The first-order valence-electron chi connectivity index (χ1n) is 4.95. The van der Waals surface area contributed by atoms with E-state index >= 15 is 0 Å². The van der Waals surface area contributed by atoms with Crippen molar-refractivity contribution in [3.8, 4) is 0 Å². The van der Waals surface area contributed by atoms with Crippen LogP contribution in [0.25, 0.3) is 0 Å². The predicted molar refractivity (Wildman–Crippen MR) is 53.5 cm³/mol. The normalized spacial score (nSPS) is 11.5. The van der Waals surface area contributed by atoms with Gasteiger partial charge in [-0.15, -0.1) is 0 Å². The molecule has 0 spiro atoms. The molecule has 0 unspecified atom stereocenters. The van der Waals surface area contributed by atoms with E-state index in [1.807, 2.05) is 0 Å². The molecule has 1 N–H and O–H groups in total. The summed E-state index contributed by atoms with van der Waals surface area (Å²) in [5, 5.41) is 6.21. The van der Waals surface area contributed by atoms with Crippen LogP contribution in [0.5, 0.6) is 0 Å². The molecule has 0 aromatic carbocycles. The van der Waals surface area contributed by atoms with Gasteiger partial charge in [0, 0.05) is 19.2 Å². The fourth-order valence-corrected chi connectivity index (χ4v) is 1.19. The van der Waals surface area contributed by atoms with Crippen LogP contribution in [0.3, 0.4) is 0 Å². The molecule has 0 aliphatic rings. The zero-order chi connectivity index (χ0) is 13.0. The Labute approximate surface area is 99.3 Å². The molecule has 0 bridgehead atoms. The molecule has 2 heterocycles. The second-order valence-corrected chi connectivity index (χ2v) is 3.29. The highest BCUT2D eigenvalue weighted by molar-refractivity contribution is 5.26. The highest BCUT2D eigenvalue weighted by Crippen LogP contribution is 2.27. The van der Waals surface area contributed by atoms with Gasteiger partial charge in [-0.3, -0.25) is 0 Å². The van der Waals surface area contributed by atoms with Crippen molar-refractivity contribution < 1.29 is 17.7 Å². The number of nitrogens with one attached hydrogen (secondary N) is 1. The van der Waals surface area contributed by atoms with E-state index in [1.165, 1.54) is 6.39 Å². The molecule has 0 amide bonds. The smallest absolute Gasteiger partial charge is 0.354 e. The van der Waals surface area contributed by atoms with Gasteiger partial charge in [0.25, 0.3) is 0 Å². The van der Waals surface area contributed by atoms with E-state index in [0.29, 0.717) is 18.8 Å². The third kappa shape index (κ3) is 3.15. The lowest BCUT2D eigenvalue weighted by molar-refractivity contribution is -0.141. The predicted octanol–water partition coefficient (Wildman–Crippen LogP) is 1.53. The number of alkyl halides is 3. The first kappa shape index (κ1) is 12.3. The third-order valence-corrected chi connectivity index (χ3v) is 1.98. The molecule has 0 aliphatic heterocycles. The van der Waals surface area contributed by atoms with Crippen molar-refractivity contribution in [2.75, 3.05) is 11.9 Å². The number of hydrogen-bond donors (Lipinski definition) is 1. The molecule has 0 atom stereocenters. The summed E-state index contributed by atoms with van der Waals surface area (Å²) in [7, 11) is 0. The molecule has 0 aliphatic carbocycles. The molecule has 2 rings (SSSR count). The van der Waals surface area contributed by atoms with Crippen molar-refractivity contribution in [3.63, 3.8) is 0 Å². The second-order valence-electron chi connectivity index (χ2n) is 3.29. The van der Waals surface area contributed by atoms with Gasteiger partial charge in [-0.05, 0) is 6.07 Å². The van der Waals surface area contributed by atoms with Crippen LogP contribution in [-0.2, 0) is 12.6 Å². The highest BCUT2D eigenvalue weighted by atomic mass is 19.4. The fourth-order valence-electron chi connectivity index (χ4n) is 1.19. The molecule has 18 heavy (non-hydrogen) atoms. The van der Waals surface area contributed by atoms with Gasteiger partial charge < -0.3 is 9.84 Å². The topological polar surface area (TPSA) is 76.7 Å². The van der Waals surface area contributed by atoms with Crippen molar-refractivity contribution in [2.24, 2.45) is 0 Å². The van der Waals surface area contributed by atoms with E-state index in [-0.39, 0.29) is 5.95 Å². The van der Waals surface area contributed by atoms with Crippen molar-refractivity contribution in [3.05, 3.63) is 30.2 Å². The maximum absolute atomic E-state index is 12.4. The van der Waals surface area contributed by atoms with Gasteiger partial charge in [-0.1, -0.05) is 5.16 Å². The monoisotopic (exact) mass is 259 g/mol. The zero-order valence-corrected chi connectivity index (χ0v) is 8.98. The zero-order valence-electron chi connectivity index (χ0n) is 8.98. The molecule has 0 fully saturated rings. The number of anilines is 1. The summed E-state index contributed by atoms with van der Waals surface area (Å²) < 4.78 is 41.6. The maximum Gasteiger partial charge on any atom is 0.433 e. The van der Waals surface area contributed by atoms with E-state index in [2.05, 4.69) is 29.9 Å². The highest BCUT2D eigenvalue weighted by Gasteiger charge is 2.32. The minimum absolute atomic E-state index is 0.0895. The molecule has 0 radical (unpaired) electrons. The minimum Gasteiger partial charge on any atom is -0.354 e. The molecule has 9 heteroatoms. The van der Waals surface area contributed by atoms with Crippen molar-refractivity contribution >= 4 is 5.95 Å². The van der Waals surface area contributed by atoms with Crippen molar-refractivity contribution in [2.45, 2.75) is 12.6 Å². The maximum atomic E-state index is 12.4. The van der Waals surface area contributed by atoms with Crippen molar-refractivity contribution in [1.29, 1.82) is 0 Å². The fraction of sp³-hybridized carbons (Fsp3) is 0.333. The number of nitrogens with zero attached hydrogens (tertiary/aromatic N) is 4. The van der Waals surface area contributed by atoms with Gasteiger partial charge in [-0.25, -0.2) is 9.97 Å². The van der Waals surface area contributed by atoms with Crippen LogP contribution >= 0.6 is 0 Å². The van der Waals surface area contributed by atoms with E-state index in [9.17, 15) is 13.2 Å². The van der Waals surface area contributed by atoms with E-state index < -0.39 is 11.9 Å². The minimum atomic E-state index is -4.48. The molecule has 0 saturated heterocycles. The molecule has 2 aromatic rings. The Morgan fingerprint density at radius 1 is 1.28 bits per heavy atom. The lowest BCUT2D eigenvalue weighted by atomic mass is 10.4. The number of aromatic nitrogens is 4. The average Bonchev–Trinajstić information content (AvgIpc) is 2.81. The number of halogens is 3. The third-order valence-electron chi connectivity index (χ3n) is 1.98. The second kappa shape index (κ2) is 4.98. The molecule has 96 valence electrons. The SMILES string of the molecule is FC(F)(F)c1ccnc(NCCc2ncon2)n1. The summed E-state index contributed by atoms with van der Waals surface area (Å²) in [6, 6.07) is 0.810. The Bertz CT molecular complexity index is 499. The lowest BCUT2D eigenvalue weighted by Gasteiger charge is -2.07. The quantitative estimate of drug-likeness (QED) is 0.897. The Morgan fingerprint density at radius 2 is 2.11 bits per heavy atom. The summed E-state index contributed by atoms with van der Waals surface area (Å²) in [6.07, 6.45) is -1.86. The van der Waals surface area contributed by atoms with Crippen LogP contribution in [0.2, 0.25) is 0 Å².